The topological polar surface area (TPSA) is 69.6 Å². The van der Waals surface area contributed by atoms with Gasteiger partial charge in [-0.3, -0.25) is 0 Å². The van der Waals surface area contributed by atoms with Crippen LogP contribution in [0.1, 0.15) is 5.56 Å². The van der Waals surface area contributed by atoms with Crippen molar-refractivity contribution in [2.45, 2.75) is 0 Å². The van der Waals surface area contributed by atoms with Crippen LogP contribution in [0.5, 0.6) is 0 Å². The number of halogens is 4. The number of amidine groups is 1. The summed E-state index contributed by atoms with van der Waals surface area (Å²) in [6.07, 6.45) is 0. The van der Waals surface area contributed by atoms with Crippen molar-refractivity contribution in [3.63, 3.8) is 0 Å². The van der Waals surface area contributed by atoms with Crippen molar-refractivity contribution in [2.24, 2.45) is 4.01 Å². The third-order valence-corrected chi connectivity index (χ3v) is 5.46. The van der Waals surface area contributed by atoms with Gasteiger partial charge in [0.1, 0.15) is 0 Å². The molecule has 0 unspecified atom stereocenters. The van der Waals surface area contributed by atoms with Crippen molar-refractivity contribution >= 4 is 38.2 Å². The number of hydrogen-bond donors (Lipinski definition) is 0. The maximum absolute atomic E-state index is 13.5. The van der Waals surface area contributed by atoms with E-state index in [1.54, 1.807) is 0 Å². The molecule has 0 aliphatic carbocycles. The molecule has 1 radical (unpaired) electrons. The molecular formula is C7F4N3O2Se2. The summed E-state index contributed by atoms with van der Waals surface area (Å²) in [5.41, 5.74) is -2.94. The first kappa shape index (κ1) is 13.3. The Balaban J connectivity index is 2.74. The van der Waals surface area contributed by atoms with Crippen LogP contribution in [0.4, 0.5) is 23.2 Å². The zero-order chi connectivity index (χ0) is 13.4. The number of rotatable bonds is 2. The molecule has 1 aliphatic rings. The summed E-state index contributed by atoms with van der Waals surface area (Å²) in [6.45, 7) is 0. The summed E-state index contributed by atoms with van der Waals surface area (Å²) in [5.74, 6) is -8.25. The second-order valence-electron chi connectivity index (χ2n) is 2.89. The van der Waals surface area contributed by atoms with E-state index in [-0.39, 0.29) is 26.7 Å². The Kier molecular flexibility index (Phi) is 3.58. The van der Waals surface area contributed by atoms with Gasteiger partial charge in [0.2, 0.25) is 0 Å². The molecule has 0 saturated heterocycles. The second-order valence-corrected chi connectivity index (χ2v) is 7.53. The van der Waals surface area contributed by atoms with Crippen LogP contribution in [-0.2, 0) is 0 Å². The standard InChI is InChI=1S/C7F4N3O2Se2/c8-2-1(7-12-17-18-13-7)3(9)5(11)6(4(2)10)14(15)16. The molecule has 0 aromatic heterocycles. The Morgan fingerprint density at radius 2 is 1.56 bits per heavy atom. The van der Waals surface area contributed by atoms with E-state index < -0.39 is 45.3 Å². The SMILES string of the molecule is O=[N+]([O-])c1c(F)c(F)c(C2=N[Se][Se][N]2)c(F)c1F. The third kappa shape index (κ3) is 1.99. The van der Waals surface area contributed by atoms with E-state index in [0.717, 1.165) is 0 Å². The summed E-state index contributed by atoms with van der Waals surface area (Å²) >= 11 is -0.647. The molecule has 0 bridgehead atoms. The van der Waals surface area contributed by atoms with Gasteiger partial charge in [-0.25, -0.2) is 0 Å². The molecule has 1 aliphatic heterocycles. The van der Waals surface area contributed by atoms with Gasteiger partial charge in [-0.15, -0.1) is 0 Å². The average molecular weight is 392 g/mol. The molecule has 0 atom stereocenters. The van der Waals surface area contributed by atoms with Gasteiger partial charge in [-0.05, 0) is 0 Å². The van der Waals surface area contributed by atoms with Crippen LogP contribution in [0, 0.1) is 33.4 Å². The van der Waals surface area contributed by atoms with Crippen LogP contribution in [0.25, 0.3) is 0 Å². The first-order valence-corrected chi connectivity index (χ1v) is 9.94. The minimum absolute atomic E-state index is 0.323. The Bertz CT molecular complexity index is 551. The Hall–Kier alpha value is -1.15. The number of hydrogen-bond acceptors (Lipinski definition) is 3. The zero-order valence-electron chi connectivity index (χ0n) is 7.99. The Morgan fingerprint density at radius 1 is 1.00 bits per heavy atom. The van der Waals surface area contributed by atoms with E-state index in [2.05, 4.69) is 8.34 Å². The van der Waals surface area contributed by atoms with Crippen molar-refractivity contribution in [1.82, 2.24) is 4.33 Å². The van der Waals surface area contributed by atoms with Gasteiger partial charge < -0.3 is 0 Å². The molecular weight excluding hydrogens is 392 g/mol. The third-order valence-electron chi connectivity index (χ3n) is 1.93. The van der Waals surface area contributed by atoms with Gasteiger partial charge in [-0.1, -0.05) is 0 Å². The van der Waals surface area contributed by atoms with Crippen LogP contribution >= 0.6 is 0 Å². The van der Waals surface area contributed by atoms with Crippen molar-refractivity contribution in [1.29, 1.82) is 0 Å². The molecule has 0 fully saturated rings. The van der Waals surface area contributed by atoms with Gasteiger partial charge in [0.05, 0.1) is 0 Å². The van der Waals surface area contributed by atoms with E-state index in [9.17, 15) is 27.7 Å². The Morgan fingerprint density at radius 3 is 1.94 bits per heavy atom. The van der Waals surface area contributed by atoms with Gasteiger partial charge in [0.25, 0.3) is 0 Å². The molecule has 95 valence electrons. The van der Waals surface area contributed by atoms with Crippen molar-refractivity contribution < 1.29 is 22.5 Å². The summed E-state index contributed by atoms with van der Waals surface area (Å²) < 4.78 is 60.9. The summed E-state index contributed by atoms with van der Waals surface area (Å²) in [4.78, 5) is 8.80. The fraction of sp³-hybridized carbons (Fsp3) is 0. The van der Waals surface area contributed by atoms with E-state index in [4.69, 9.17) is 0 Å². The van der Waals surface area contributed by atoms with Crippen LogP contribution in [0.2, 0.25) is 0 Å². The van der Waals surface area contributed by atoms with Crippen molar-refractivity contribution in [3.8, 4) is 0 Å². The van der Waals surface area contributed by atoms with Gasteiger partial charge in [-0.2, -0.15) is 0 Å². The molecule has 2 rings (SSSR count). The summed E-state index contributed by atoms with van der Waals surface area (Å²) in [7, 11) is 0. The summed E-state index contributed by atoms with van der Waals surface area (Å²) in [5, 5.41) is 10.3. The molecule has 1 heterocycles. The fourth-order valence-corrected chi connectivity index (χ4v) is 4.71. The molecule has 0 spiro atoms. The molecule has 1 aromatic carbocycles. The number of nitrogens with zero attached hydrogens (tertiary/aromatic N) is 3. The van der Waals surface area contributed by atoms with E-state index in [1.807, 2.05) is 0 Å². The van der Waals surface area contributed by atoms with Crippen molar-refractivity contribution in [3.05, 3.63) is 38.9 Å². The predicted molar refractivity (Wildman–Crippen MR) is 53.1 cm³/mol. The molecule has 0 amide bonds. The molecule has 0 saturated carbocycles. The maximum atomic E-state index is 13.5. The monoisotopic (exact) mass is 394 g/mol. The Labute approximate surface area is 108 Å². The molecule has 5 nitrogen and oxygen atoms in total. The van der Waals surface area contributed by atoms with E-state index in [1.165, 1.54) is 0 Å². The quantitative estimate of drug-likeness (QED) is 0.244. The van der Waals surface area contributed by atoms with Crippen LogP contribution in [0.15, 0.2) is 4.01 Å². The number of nitro groups is 1. The first-order valence-electron chi connectivity index (χ1n) is 4.07. The van der Waals surface area contributed by atoms with Crippen LogP contribution in [-0.4, -0.2) is 37.5 Å². The van der Waals surface area contributed by atoms with E-state index >= 15 is 0 Å². The zero-order valence-corrected chi connectivity index (χ0v) is 11.4. The number of benzene rings is 1. The fourth-order valence-electron chi connectivity index (χ4n) is 1.19. The van der Waals surface area contributed by atoms with E-state index in [0.29, 0.717) is 0 Å². The molecule has 0 N–H and O–H groups in total. The van der Waals surface area contributed by atoms with Crippen LogP contribution in [0.3, 0.4) is 0 Å². The molecule has 11 heteroatoms. The molecule has 1 aromatic rings. The first-order chi connectivity index (χ1) is 8.45. The summed E-state index contributed by atoms with van der Waals surface area (Å²) in [6, 6.07) is 0. The predicted octanol–water partition coefficient (Wildman–Crippen LogP) is 0.669. The van der Waals surface area contributed by atoms with Crippen molar-refractivity contribution in [2.75, 3.05) is 0 Å². The van der Waals surface area contributed by atoms with Gasteiger partial charge in [0, 0.05) is 0 Å². The molecule has 18 heavy (non-hydrogen) atoms. The van der Waals surface area contributed by atoms with Gasteiger partial charge >= 0.3 is 108 Å². The normalized spacial score (nSPS) is 14.3. The minimum atomic E-state index is -2.06. The second kappa shape index (κ2) is 4.85. The van der Waals surface area contributed by atoms with Gasteiger partial charge in [0.15, 0.2) is 0 Å². The average Bonchev–Trinajstić information content (AvgIpc) is 2.80. The number of nitro benzene ring substituents is 1. The van der Waals surface area contributed by atoms with Crippen LogP contribution < -0.4 is 4.33 Å².